The largest absolute Gasteiger partial charge is 0.324 e. The lowest BCUT2D eigenvalue weighted by Crippen LogP contribution is -2.46. The summed E-state index contributed by atoms with van der Waals surface area (Å²) < 4.78 is 0. The Morgan fingerprint density at radius 2 is 2.11 bits per heavy atom. The molecule has 0 radical (unpaired) electrons. The molecule has 3 heteroatoms. The second-order valence-corrected chi connectivity index (χ2v) is 5.48. The normalized spacial score (nSPS) is 19.3. The third-order valence-corrected chi connectivity index (χ3v) is 3.80. The van der Waals surface area contributed by atoms with E-state index in [0.29, 0.717) is 12.5 Å². The fourth-order valence-electron chi connectivity index (χ4n) is 2.68. The van der Waals surface area contributed by atoms with Gasteiger partial charge in [0.1, 0.15) is 0 Å². The number of carbonyl (C=O) groups is 1. The molecule has 2 amide bonds. The second kappa shape index (κ2) is 6.60. The number of piperidine rings is 1. The van der Waals surface area contributed by atoms with E-state index < -0.39 is 0 Å². The first kappa shape index (κ1) is 13.9. The number of nitrogens with zero attached hydrogens (tertiary/aromatic N) is 2. The van der Waals surface area contributed by atoms with Crippen molar-refractivity contribution in [3.05, 3.63) is 35.9 Å². The predicted molar refractivity (Wildman–Crippen MR) is 77.9 cm³/mol. The number of hydrogen-bond donors (Lipinski definition) is 0. The lowest BCUT2D eigenvalue weighted by molar-refractivity contribution is 0.131. The highest BCUT2D eigenvalue weighted by atomic mass is 16.2. The summed E-state index contributed by atoms with van der Waals surface area (Å²) >= 11 is 0. The number of rotatable bonds is 3. The summed E-state index contributed by atoms with van der Waals surface area (Å²) in [6.45, 7) is 7.57. The van der Waals surface area contributed by atoms with Crippen molar-refractivity contribution >= 4 is 6.03 Å². The van der Waals surface area contributed by atoms with Crippen LogP contribution in [0.4, 0.5) is 4.79 Å². The minimum Gasteiger partial charge on any atom is -0.324 e. The van der Waals surface area contributed by atoms with Crippen molar-refractivity contribution in [2.45, 2.75) is 33.2 Å². The van der Waals surface area contributed by atoms with Gasteiger partial charge in [-0.1, -0.05) is 37.3 Å². The Kier molecular flexibility index (Phi) is 4.83. The molecular weight excluding hydrogens is 236 g/mol. The van der Waals surface area contributed by atoms with E-state index in [9.17, 15) is 4.79 Å². The van der Waals surface area contributed by atoms with E-state index in [1.807, 2.05) is 34.9 Å². The second-order valence-electron chi connectivity index (χ2n) is 5.48. The van der Waals surface area contributed by atoms with E-state index >= 15 is 0 Å². The predicted octanol–water partition coefficient (Wildman–Crippen LogP) is 3.36. The van der Waals surface area contributed by atoms with Crippen molar-refractivity contribution in [1.82, 2.24) is 9.80 Å². The van der Waals surface area contributed by atoms with Crippen molar-refractivity contribution in [1.29, 1.82) is 0 Å². The zero-order valence-electron chi connectivity index (χ0n) is 12.0. The number of carbonyl (C=O) groups excluding carboxylic acids is 1. The molecule has 1 aromatic rings. The highest BCUT2D eigenvalue weighted by molar-refractivity contribution is 5.74. The number of amides is 2. The van der Waals surface area contributed by atoms with Crippen LogP contribution >= 0.6 is 0 Å². The lowest BCUT2D eigenvalue weighted by atomic mass is 10.0. The Labute approximate surface area is 116 Å². The highest BCUT2D eigenvalue weighted by Gasteiger charge is 2.24. The molecule has 1 saturated heterocycles. The van der Waals surface area contributed by atoms with Crippen LogP contribution in [-0.2, 0) is 6.54 Å². The van der Waals surface area contributed by atoms with E-state index in [-0.39, 0.29) is 6.03 Å². The van der Waals surface area contributed by atoms with Crippen LogP contribution in [0.3, 0.4) is 0 Å². The summed E-state index contributed by atoms with van der Waals surface area (Å²) in [6.07, 6.45) is 2.38. The maximum absolute atomic E-state index is 12.5. The molecule has 1 atom stereocenters. The van der Waals surface area contributed by atoms with Crippen LogP contribution in [0.15, 0.2) is 30.3 Å². The molecule has 1 heterocycles. The summed E-state index contributed by atoms with van der Waals surface area (Å²) in [5.41, 5.74) is 1.20. The maximum Gasteiger partial charge on any atom is 0.320 e. The van der Waals surface area contributed by atoms with Crippen LogP contribution in [0.25, 0.3) is 0 Å². The van der Waals surface area contributed by atoms with Crippen molar-refractivity contribution in [3.8, 4) is 0 Å². The molecule has 19 heavy (non-hydrogen) atoms. The quantitative estimate of drug-likeness (QED) is 0.817. The molecule has 1 aliphatic rings. The third-order valence-electron chi connectivity index (χ3n) is 3.80. The van der Waals surface area contributed by atoms with Crippen LogP contribution in [0, 0.1) is 5.92 Å². The Morgan fingerprint density at radius 3 is 2.74 bits per heavy atom. The van der Waals surface area contributed by atoms with Crippen molar-refractivity contribution in [2.75, 3.05) is 19.6 Å². The molecule has 1 aromatic carbocycles. The minimum absolute atomic E-state index is 0.193. The van der Waals surface area contributed by atoms with Crippen molar-refractivity contribution in [3.63, 3.8) is 0 Å². The van der Waals surface area contributed by atoms with Crippen LogP contribution in [0.5, 0.6) is 0 Å². The van der Waals surface area contributed by atoms with Gasteiger partial charge < -0.3 is 9.80 Å². The average molecular weight is 260 g/mol. The Balaban J connectivity index is 1.98. The summed E-state index contributed by atoms with van der Waals surface area (Å²) in [5, 5.41) is 0. The highest BCUT2D eigenvalue weighted by Crippen LogP contribution is 2.17. The van der Waals surface area contributed by atoms with E-state index in [1.165, 1.54) is 12.0 Å². The molecule has 0 N–H and O–H groups in total. The lowest BCUT2D eigenvalue weighted by Gasteiger charge is -2.35. The zero-order valence-corrected chi connectivity index (χ0v) is 12.0. The maximum atomic E-state index is 12.5. The van der Waals surface area contributed by atoms with Gasteiger partial charge in [0.15, 0.2) is 0 Å². The summed E-state index contributed by atoms with van der Waals surface area (Å²) in [6, 6.07) is 10.4. The van der Waals surface area contributed by atoms with E-state index in [2.05, 4.69) is 19.1 Å². The molecule has 2 rings (SSSR count). The molecule has 0 aliphatic carbocycles. The zero-order chi connectivity index (χ0) is 13.7. The molecule has 0 saturated carbocycles. The van der Waals surface area contributed by atoms with Crippen LogP contribution < -0.4 is 0 Å². The van der Waals surface area contributed by atoms with Gasteiger partial charge >= 0.3 is 6.03 Å². The fraction of sp³-hybridized carbons (Fsp3) is 0.562. The molecule has 1 aliphatic heterocycles. The number of hydrogen-bond acceptors (Lipinski definition) is 1. The number of likely N-dealkylation sites (tertiary alicyclic amines) is 1. The number of urea groups is 1. The summed E-state index contributed by atoms with van der Waals surface area (Å²) in [4.78, 5) is 16.5. The smallest absolute Gasteiger partial charge is 0.320 e. The summed E-state index contributed by atoms with van der Waals surface area (Å²) in [5.74, 6) is 0.633. The Hall–Kier alpha value is -1.51. The molecule has 104 valence electrons. The average Bonchev–Trinajstić information content (AvgIpc) is 2.45. The first-order chi connectivity index (χ1) is 9.20. The van der Waals surface area contributed by atoms with E-state index in [1.54, 1.807) is 0 Å². The van der Waals surface area contributed by atoms with Gasteiger partial charge in [0.05, 0.1) is 0 Å². The monoisotopic (exact) mass is 260 g/mol. The van der Waals surface area contributed by atoms with Gasteiger partial charge in [-0.25, -0.2) is 4.79 Å². The van der Waals surface area contributed by atoms with Gasteiger partial charge in [-0.3, -0.25) is 0 Å². The van der Waals surface area contributed by atoms with Crippen molar-refractivity contribution < 1.29 is 4.79 Å². The van der Waals surface area contributed by atoms with Gasteiger partial charge in [0, 0.05) is 26.2 Å². The molecular formula is C16H24N2O. The van der Waals surface area contributed by atoms with Gasteiger partial charge in [-0.15, -0.1) is 0 Å². The molecule has 1 fully saturated rings. The van der Waals surface area contributed by atoms with Gasteiger partial charge in [-0.05, 0) is 31.2 Å². The molecule has 3 nitrogen and oxygen atoms in total. The van der Waals surface area contributed by atoms with E-state index in [0.717, 1.165) is 26.1 Å². The molecule has 0 aromatic heterocycles. The van der Waals surface area contributed by atoms with Crippen LogP contribution in [0.1, 0.15) is 32.3 Å². The van der Waals surface area contributed by atoms with Crippen LogP contribution in [0.2, 0.25) is 0 Å². The van der Waals surface area contributed by atoms with Crippen LogP contribution in [-0.4, -0.2) is 35.5 Å². The van der Waals surface area contributed by atoms with E-state index in [4.69, 9.17) is 0 Å². The Bertz CT molecular complexity index is 404. The SMILES string of the molecule is CCN(Cc1ccccc1)C(=O)N1CCCC(C)C1. The topological polar surface area (TPSA) is 23.6 Å². The minimum atomic E-state index is 0.193. The molecule has 1 unspecified atom stereocenters. The third kappa shape index (κ3) is 3.72. The Morgan fingerprint density at radius 1 is 1.37 bits per heavy atom. The molecule has 0 spiro atoms. The number of benzene rings is 1. The first-order valence-electron chi connectivity index (χ1n) is 7.28. The first-order valence-corrected chi connectivity index (χ1v) is 7.28. The van der Waals surface area contributed by atoms with Gasteiger partial charge in [0.25, 0.3) is 0 Å². The standard InChI is InChI=1S/C16H24N2O/c1-3-17(13-15-9-5-4-6-10-15)16(19)18-11-7-8-14(2)12-18/h4-6,9-10,14H,3,7-8,11-13H2,1-2H3. The van der Waals surface area contributed by atoms with Gasteiger partial charge in [-0.2, -0.15) is 0 Å². The van der Waals surface area contributed by atoms with Crippen molar-refractivity contribution in [2.24, 2.45) is 5.92 Å². The molecule has 0 bridgehead atoms. The van der Waals surface area contributed by atoms with Gasteiger partial charge in [0.2, 0.25) is 0 Å². The fourth-order valence-corrected chi connectivity index (χ4v) is 2.68. The summed E-state index contributed by atoms with van der Waals surface area (Å²) in [7, 11) is 0.